The van der Waals surface area contributed by atoms with Gasteiger partial charge in [0.05, 0.1) is 6.61 Å². The molecule has 1 heterocycles. The Balaban J connectivity index is 1.67. The molecule has 1 aromatic rings. The van der Waals surface area contributed by atoms with E-state index in [0.29, 0.717) is 11.8 Å². The number of para-hydroxylation sites is 1. The van der Waals surface area contributed by atoms with Crippen LogP contribution in [-0.4, -0.2) is 29.2 Å². The Morgan fingerprint density at radius 2 is 2.00 bits per heavy atom. The molecule has 0 aromatic heterocycles. The van der Waals surface area contributed by atoms with Gasteiger partial charge in [-0.3, -0.25) is 4.79 Å². The molecule has 0 saturated carbocycles. The molecule has 0 aliphatic carbocycles. The zero-order valence-corrected chi connectivity index (χ0v) is 13.6. The van der Waals surface area contributed by atoms with Gasteiger partial charge in [0.15, 0.2) is 0 Å². The van der Waals surface area contributed by atoms with Gasteiger partial charge in [-0.25, -0.2) is 0 Å². The third kappa shape index (κ3) is 6.14. The van der Waals surface area contributed by atoms with Crippen molar-refractivity contribution < 1.29 is 14.6 Å². The third-order valence-corrected chi connectivity index (χ3v) is 5.23. The molecule has 1 saturated heterocycles. The van der Waals surface area contributed by atoms with Crippen molar-refractivity contribution in [2.75, 3.05) is 18.1 Å². The lowest BCUT2D eigenvalue weighted by molar-refractivity contribution is -0.137. The van der Waals surface area contributed by atoms with Crippen molar-refractivity contribution in [2.45, 2.75) is 25.7 Å². The second kappa shape index (κ2) is 9.57. The van der Waals surface area contributed by atoms with Gasteiger partial charge in [-0.15, -0.1) is 0 Å². The predicted molar refractivity (Wildman–Crippen MR) is 91.5 cm³/mol. The van der Waals surface area contributed by atoms with E-state index in [1.807, 2.05) is 42.1 Å². The summed E-state index contributed by atoms with van der Waals surface area (Å²) in [7, 11) is 0. The number of unbranched alkanes of at least 4 members (excludes halogenated alkanes) is 1. The summed E-state index contributed by atoms with van der Waals surface area (Å²) in [5.74, 6) is 3.88. The summed E-state index contributed by atoms with van der Waals surface area (Å²) in [6.45, 7) is 0.786. The van der Waals surface area contributed by atoms with Crippen LogP contribution in [0.2, 0.25) is 0 Å². The van der Waals surface area contributed by atoms with Gasteiger partial charge in [0, 0.05) is 12.3 Å². The molecule has 3 nitrogen and oxygen atoms in total. The molecule has 120 valence electrons. The largest absolute Gasteiger partial charge is 0.493 e. The number of ether oxygens (including phenoxy) is 1. The predicted octanol–water partition coefficient (Wildman–Crippen LogP) is 4.25. The van der Waals surface area contributed by atoms with Crippen LogP contribution in [0.25, 0.3) is 0 Å². The number of benzene rings is 1. The summed E-state index contributed by atoms with van der Waals surface area (Å²) in [4.78, 5) is 10.4. The number of rotatable bonds is 9. The zero-order chi connectivity index (χ0) is 15.6. The van der Waals surface area contributed by atoms with Crippen LogP contribution in [0.5, 0.6) is 5.75 Å². The standard InChI is InChI=1S/C18H24O3S/c19-18(20)11-7-2-1-4-8-15-13-22-14-16(15)12-21-17-9-5-3-6-10-17/h1,3-6,9-10,15-16H,2,7-8,11-14H2,(H,19,20)/t15-,16+/m0/s1. The second-order valence-electron chi connectivity index (χ2n) is 5.67. The first-order valence-corrected chi connectivity index (χ1v) is 9.03. The van der Waals surface area contributed by atoms with Crippen LogP contribution in [-0.2, 0) is 4.79 Å². The summed E-state index contributed by atoms with van der Waals surface area (Å²) in [5, 5.41) is 8.59. The molecule has 1 N–H and O–H groups in total. The lowest BCUT2D eigenvalue weighted by atomic mass is 9.93. The number of carbonyl (C=O) groups is 1. The van der Waals surface area contributed by atoms with E-state index in [2.05, 4.69) is 12.2 Å². The smallest absolute Gasteiger partial charge is 0.303 e. The maximum atomic E-state index is 10.4. The normalized spacial score (nSPS) is 21.3. The molecule has 2 atom stereocenters. The van der Waals surface area contributed by atoms with Crippen molar-refractivity contribution in [1.29, 1.82) is 0 Å². The molecule has 0 unspecified atom stereocenters. The Kier molecular flexibility index (Phi) is 7.37. The minimum atomic E-state index is -0.710. The fourth-order valence-electron chi connectivity index (χ4n) is 2.57. The van der Waals surface area contributed by atoms with Crippen molar-refractivity contribution in [3.8, 4) is 5.75 Å². The van der Waals surface area contributed by atoms with Crippen LogP contribution in [0.4, 0.5) is 0 Å². The van der Waals surface area contributed by atoms with Crippen molar-refractivity contribution in [3.63, 3.8) is 0 Å². The summed E-state index contributed by atoms with van der Waals surface area (Å²) < 4.78 is 5.89. The number of carboxylic acid groups (broad SMARTS) is 1. The molecule has 2 rings (SSSR count). The minimum absolute atomic E-state index is 0.261. The van der Waals surface area contributed by atoms with Gasteiger partial charge in [0.25, 0.3) is 0 Å². The first-order valence-electron chi connectivity index (χ1n) is 7.88. The van der Waals surface area contributed by atoms with Crippen LogP contribution in [0.1, 0.15) is 25.7 Å². The second-order valence-corrected chi connectivity index (χ2v) is 6.75. The molecule has 0 bridgehead atoms. The molecule has 1 aromatic carbocycles. The Morgan fingerprint density at radius 1 is 1.23 bits per heavy atom. The summed E-state index contributed by atoms with van der Waals surface area (Å²) in [6.07, 6.45) is 7.26. The Labute approximate surface area is 136 Å². The summed E-state index contributed by atoms with van der Waals surface area (Å²) >= 11 is 2.01. The highest BCUT2D eigenvalue weighted by Gasteiger charge is 2.27. The SMILES string of the molecule is O=C(O)CCCC=CC[C@H]1CSC[C@H]1COc1ccccc1. The number of carboxylic acids is 1. The van der Waals surface area contributed by atoms with Crippen LogP contribution in [0, 0.1) is 11.8 Å². The van der Waals surface area contributed by atoms with Gasteiger partial charge < -0.3 is 9.84 Å². The van der Waals surface area contributed by atoms with Crippen LogP contribution in [0.3, 0.4) is 0 Å². The van der Waals surface area contributed by atoms with Crippen molar-refractivity contribution in [1.82, 2.24) is 0 Å². The molecule has 0 amide bonds. The molecule has 0 spiro atoms. The molecule has 1 aliphatic heterocycles. The topological polar surface area (TPSA) is 46.5 Å². The average Bonchev–Trinajstić information content (AvgIpc) is 2.97. The van der Waals surface area contributed by atoms with E-state index < -0.39 is 5.97 Å². The molecule has 1 aliphatic rings. The first-order chi connectivity index (χ1) is 10.8. The molecule has 4 heteroatoms. The van der Waals surface area contributed by atoms with Crippen LogP contribution in [0.15, 0.2) is 42.5 Å². The number of hydrogen-bond acceptors (Lipinski definition) is 3. The highest BCUT2D eigenvalue weighted by molar-refractivity contribution is 7.99. The molecule has 22 heavy (non-hydrogen) atoms. The van der Waals surface area contributed by atoms with Gasteiger partial charge in [-0.2, -0.15) is 11.8 Å². The first kappa shape index (κ1) is 16.9. The van der Waals surface area contributed by atoms with Crippen molar-refractivity contribution in [3.05, 3.63) is 42.5 Å². The van der Waals surface area contributed by atoms with Gasteiger partial charge in [0.1, 0.15) is 5.75 Å². The number of thioether (sulfide) groups is 1. The number of allylic oxidation sites excluding steroid dienone is 2. The van der Waals surface area contributed by atoms with E-state index in [9.17, 15) is 4.79 Å². The Morgan fingerprint density at radius 3 is 2.77 bits per heavy atom. The fourth-order valence-corrected chi connectivity index (χ4v) is 4.09. The maximum Gasteiger partial charge on any atom is 0.303 e. The van der Waals surface area contributed by atoms with Crippen LogP contribution >= 0.6 is 11.8 Å². The quantitative estimate of drug-likeness (QED) is 0.546. The van der Waals surface area contributed by atoms with Gasteiger partial charge in [-0.1, -0.05) is 30.4 Å². The van der Waals surface area contributed by atoms with Crippen molar-refractivity contribution in [2.24, 2.45) is 11.8 Å². The van der Waals surface area contributed by atoms with Gasteiger partial charge in [0.2, 0.25) is 0 Å². The Bertz CT molecular complexity index is 472. The highest BCUT2D eigenvalue weighted by atomic mass is 32.2. The van der Waals surface area contributed by atoms with E-state index >= 15 is 0 Å². The van der Waals surface area contributed by atoms with E-state index in [1.54, 1.807) is 0 Å². The third-order valence-electron chi connectivity index (χ3n) is 3.90. The number of hydrogen-bond donors (Lipinski definition) is 1. The summed E-state index contributed by atoms with van der Waals surface area (Å²) in [6, 6.07) is 9.99. The van der Waals surface area contributed by atoms with Crippen LogP contribution < -0.4 is 4.74 Å². The van der Waals surface area contributed by atoms with Gasteiger partial charge >= 0.3 is 5.97 Å². The highest BCUT2D eigenvalue weighted by Crippen LogP contribution is 2.33. The monoisotopic (exact) mass is 320 g/mol. The Hall–Kier alpha value is -1.42. The molecule has 1 fully saturated rings. The molecular weight excluding hydrogens is 296 g/mol. The lowest BCUT2D eigenvalue weighted by Crippen LogP contribution is -2.19. The van der Waals surface area contributed by atoms with E-state index in [1.165, 1.54) is 11.5 Å². The minimum Gasteiger partial charge on any atom is -0.493 e. The summed E-state index contributed by atoms with van der Waals surface area (Å²) in [5.41, 5.74) is 0. The lowest BCUT2D eigenvalue weighted by Gasteiger charge is -2.17. The van der Waals surface area contributed by atoms with E-state index in [0.717, 1.165) is 31.6 Å². The average molecular weight is 320 g/mol. The zero-order valence-electron chi connectivity index (χ0n) is 12.8. The van der Waals surface area contributed by atoms with Gasteiger partial charge in [-0.05, 0) is 48.8 Å². The number of aliphatic carboxylic acids is 1. The van der Waals surface area contributed by atoms with Crippen molar-refractivity contribution >= 4 is 17.7 Å². The molecular formula is C18H24O3S. The van der Waals surface area contributed by atoms with E-state index in [-0.39, 0.29) is 6.42 Å². The molecule has 0 radical (unpaired) electrons. The van der Waals surface area contributed by atoms with E-state index in [4.69, 9.17) is 9.84 Å². The maximum absolute atomic E-state index is 10.4. The fraction of sp³-hybridized carbons (Fsp3) is 0.500.